The van der Waals surface area contributed by atoms with E-state index in [-0.39, 0.29) is 18.9 Å². The molecule has 2 aromatic rings. The molecule has 2 aliphatic heterocycles. The van der Waals surface area contributed by atoms with E-state index < -0.39 is 5.60 Å². The highest BCUT2D eigenvalue weighted by atomic mass is 16.7. The molecule has 0 aliphatic carbocycles. The minimum Gasteiger partial charge on any atom is -0.454 e. The standard InChI is InChI=1S/C23H27NO4/c1-23(2,3)28-22(25)24-18(12-10-17-6-4-5-7-19(17)24)11-8-16-9-13-20-21(14-16)27-15-26-20/h4-7,9,13-14,18H,8,10-12,15H2,1-3H3/t18-/m0/s1. The van der Waals surface area contributed by atoms with Crippen LogP contribution < -0.4 is 14.4 Å². The second-order valence-electron chi connectivity index (χ2n) is 8.40. The number of aryl methyl sites for hydroxylation is 2. The lowest BCUT2D eigenvalue weighted by Crippen LogP contribution is -2.46. The van der Waals surface area contributed by atoms with Crippen LogP contribution in [0.1, 0.15) is 44.7 Å². The van der Waals surface area contributed by atoms with E-state index in [0.29, 0.717) is 0 Å². The number of nitrogens with zero attached hydrogens (tertiary/aromatic N) is 1. The maximum atomic E-state index is 13.0. The molecule has 1 atom stereocenters. The highest BCUT2D eigenvalue weighted by molar-refractivity contribution is 5.90. The predicted molar refractivity (Wildman–Crippen MR) is 108 cm³/mol. The van der Waals surface area contributed by atoms with Crippen molar-refractivity contribution in [3.63, 3.8) is 0 Å². The minimum absolute atomic E-state index is 0.107. The Hall–Kier alpha value is -2.69. The Kier molecular flexibility index (Phi) is 4.92. The fraction of sp³-hybridized carbons (Fsp3) is 0.435. The molecule has 5 heteroatoms. The normalized spacial score (nSPS) is 18.0. The van der Waals surface area contributed by atoms with Crippen LogP contribution in [0.4, 0.5) is 10.5 Å². The summed E-state index contributed by atoms with van der Waals surface area (Å²) in [4.78, 5) is 14.9. The number of fused-ring (bicyclic) bond motifs is 2. The van der Waals surface area contributed by atoms with Crippen molar-refractivity contribution in [1.29, 1.82) is 0 Å². The average molecular weight is 381 g/mol. The molecule has 4 rings (SSSR count). The predicted octanol–water partition coefficient (Wildman–Crippen LogP) is 5.10. The first-order chi connectivity index (χ1) is 13.4. The van der Waals surface area contributed by atoms with Crippen molar-refractivity contribution < 1.29 is 19.0 Å². The molecule has 0 bridgehead atoms. The van der Waals surface area contributed by atoms with Crippen molar-refractivity contribution in [3.8, 4) is 11.5 Å². The minimum atomic E-state index is -0.522. The Morgan fingerprint density at radius 3 is 2.75 bits per heavy atom. The van der Waals surface area contributed by atoms with Gasteiger partial charge in [-0.2, -0.15) is 0 Å². The molecular formula is C23H27NO4. The van der Waals surface area contributed by atoms with Gasteiger partial charge in [0, 0.05) is 6.04 Å². The van der Waals surface area contributed by atoms with E-state index in [1.165, 1.54) is 11.1 Å². The lowest BCUT2D eigenvalue weighted by Gasteiger charge is -2.38. The van der Waals surface area contributed by atoms with Gasteiger partial charge in [-0.05, 0) is 75.8 Å². The maximum absolute atomic E-state index is 13.0. The highest BCUT2D eigenvalue weighted by Crippen LogP contribution is 2.35. The summed E-state index contributed by atoms with van der Waals surface area (Å²) in [6.07, 6.45) is 3.37. The molecule has 5 nitrogen and oxygen atoms in total. The first-order valence-corrected chi connectivity index (χ1v) is 9.89. The van der Waals surface area contributed by atoms with Gasteiger partial charge < -0.3 is 14.2 Å². The average Bonchev–Trinajstić information content (AvgIpc) is 3.12. The van der Waals surface area contributed by atoms with Crippen LogP contribution in [0.3, 0.4) is 0 Å². The molecule has 0 saturated heterocycles. The van der Waals surface area contributed by atoms with Crippen LogP contribution in [-0.4, -0.2) is 24.5 Å². The van der Waals surface area contributed by atoms with Gasteiger partial charge in [0.25, 0.3) is 0 Å². The Labute approximate surface area is 166 Å². The summed E-state index contributed by atoms with van der Waals surface area (Å²) in [5.41, 5.74) is 2.84. The number of benzene rings is 2. The van der Waals surface area contributed by atoms with Crippen LogP contribution in [0.25, 0.3) is 0 Å². The van der Waals surface area contributed by atoms with Gasteiger partial charge in [0.1, 0.15) is 5.60 Å². The van der Waals surface area contributed by atoms with Crippen molar-refractivity contribution in [2.24, 2.45) is 0 Å². The molecule has 0 unspecified atom stereocenters. The highest BCUT2D eigenvalue weighted by Gasteiger charge is 2.33. The van der Waals surface area contributed by atoms with Crippen LogP contribution in [-0.2, 0) is 17.6 Å². The zero-order valence-corrected chi connectivity index (χ0v) is 16.7. The SMILES string of the molecule is CC(C)(C)OC(=O)N1c2ccccc2CC[C@@H]1CCc1ccc2c(c1)OCO2. The van der Waals surface area contributed by atoms with Crippen molar-refractivity contribution in [1.82, 2.24) is 0 Å². The molecule has 2 aromatic carbocycles. The zero-order valence-electron chi connectivity index (χ0n) is 16.7. The number of hydrogen-bond acceptors (Lipinski definition) is 4. The fourth-order valence-corrected chi connectivity index (χ4v) is 3.87. The molecule has 28 heavy (non-hydrogen) atoms. The second-order valence-corrected chi connectivity index (χ2v) is 8.40. The number of anilines is 1. The first-order valence-electron chi connectivity index (χ1n) is 9.89. The molecule has 1 amide bonds. The summed E-state index contributed by atoms with van der Waals surface area (Å²) in [7, 11) is 0. The van der Waals surface area contributed by atoms with Crippen molar-refractivity contribution in [2.45, 2.75) is 58.1 Å². The fourth-order valence-electron chi connectivity index (χ4n) is 3.87. The smallest absolute Gasteiger partial charge is 0.415 e. The monoisotopic (exact) mass is 381 g/mol. The number of amides is 1. The van der Waals surface area contributed by atoms with E-state index in [1.807, 2.05) is 56.0 Å². The lowest BCUT2D eigenvalue weighted by molar-refractivity contribution is 0.0558. The molecule has 2 heterocycles. The number of rotatable bonds is 3. The summed E-state index contributed by atoms with van der Waals surface area (Å²) in [6, 6.07) is 14.3. The van der Waals surface area contributed by atoms with E-state index >= 15 is 0 Å². The molecule has 0 saturated carbocycles. The Balaban J connectivity index is 1.53. The number of ether oxygens (including phenoxy) is 3. The molecule has 0 fully saturated rings. The van der Waals surface area contributed by atoms with E-state index in [0.717, 1.165) is 42.9 Å². The van der Waals surface area contributed by atoms with Crippen LogP contribution in [0.5, 0.6) is 11.5 Å². The van der Waals surface area contributed by atoms with Crippen molar-refractivity contribution >= 4 is 11.8 Å². The molecule has 0 aromatic heterocycles. The van der Waals surface area contributed by atoms with Gasteiger partial charge in [0.05, 0.1) is 5.69 Å². The van der Waals surface area contributed by atoms with Crippen LogP contribution in [0, 0.1) is 0 Å². The first kappa shape index (κ1) is 18.7. The van der Waals surface area contributed by atoms with Gasteiger partial charge >= 0.3 is 6.09 Å². The van der Waals surface area contributed by atoms with E-state index in [9.17, 15) is 4.79 Å². The third kappa shape index (κ3) is 3.93. The molecule has 0 N–H and O–H groups in total. The quantitative estimate of drug-likeness (QED) is 0.742. The van der Waals surface area contributed by atoms with Crippen LogP contribution in [0.2, 0.25) is 0 Å². The van der Waals surface area contributed by atoms with Gasteiger partial charge in [-0.1, -0.05) is 24.3 Å². The summed E-state index contributed by atoms with van der Waals surface area (Å²) in [5, 5.41) is 0. The summed E-state index contributed by atoms with van der Waals surface area (Å²) >= 11 is 0. The number of hydrogen-bond donors (Lipinski definition) is 0. The Bertz CT molecular complexity index is 871. The summed E-state index contributed by atoms with van der Waals surface area (Å²) in [6.45, 7) is 6.00. The molecular weight excluding hydrogens is 354 g/mol. The lowest BCUT2D eigenvalue weighted by atomic mass is 9.92. The van der Waals surface area contributed by atoms with Crippen molar-refractivity contribution in [3.05, 3.63) is 53.6 Å². The van der Waals surface area contributed by atoms with E-state index in [4.69, 9.17) is 14.2 Å². The van der Waals surface area contributed by atoms with Gasteiger partial charge in [-0.3, -0.25) is 4.90 Å². The largest absolute Gasteiger partial charge is 0.454 e. The number of carbonyl (C=O) groups excluding carboxylic acids is 1. The van der Waals surface area contributed by atoms with Gasteiger partial charge in [0.15, 0.2) is 11.5 Å². The Morgan fingerprint density at radius 1 is 1.14 bits per heavy atom. The maximum Gasteiger partial charge on any atom is 0.415 e. The summed E-state index contributed by atoms with van der Waals surface area (Å²) < 4.78 is 16.6. The molecule has 148 valence electrons. The topological polar surface area (TPSA) is 48.0 Å². The van der Waals surface area contributed by atoms with Gasteiger partial charge in [-0.25, -0.2) is 4.79 Å². The van der Waals surface area contributed by atoms with E-state index in [1.54, 1.807) is 0 Å². The molecule has 2 aliphatic rings. The third-order valence-electron chi connectivity index (χ3n) is 5.16. The summed E-state index contributed by atoms with van der Waals surface area (Å²) in [5.74, 6) is 1.60. The molecule has 0 radical (unpaired) electrons. The van der Waals surface area contributed by atoms with Crippen LogP contribution in [0.15, 0.2) is 42.5 Å². The zero-order chi connectivity index (χ0) is 19.7. The number of carbonyl (C=O) groups is 1. The second kappa shape index (κ2) is 7.38. The van der Waals surface area contributed by atoms with Gasteiger partial charge in [0.2, 0.25) is 6.79 Å². The van der Waals surface area contributed by atoms with Gasteiger partial charge in [-0.15, -0.1) is 0 Å². The van der Waals surface area contributed by atoms with E-state index in [2.05, 4.69) is 12.1 Å². The molecule has 0 spiro atoms. The van der Waals surface area contributed by atoms with Crippen LogP contribution >= 0.6 is 0 Å². The number of para-hydroxylation sites is 1. The Morgan fingerprint density at radius 2 is 1.93 bits per heavy atom. The van der Waals surface area contributed by atoms with Crippen molar-refractivity contribution in [2.75, 3.05) is 11.7 Å². The third-order valence-corrected chi connectivity index (χ3v) is 5.16.